The lowest BCUT2D eigenvalue weighted by Gasteiger charge is -2.17. The van der Waals surface area contributed by atoms with Crippen LogP contribution in [0.25, 0.3) is 0 Å². The van der Waals surface area contributed by atoms with E-state index in [4.69, 9.17) is 5.73 Å². The van der Waals surface area contributed by atoms with Gasteiger partial charge in [0.1, 0.15) is 5.75 Å². The number of nitrogens with one attached hydrogen (secondary N) is 1. The highest BCUT2D eigenvalue weighted by atomic mass is 16.3. The third kappa shape index (κ3) is 4.76. The zero-order chi connectivity index (χ0) is 13.1. The smallest absolute Gasteiger partial charge is 0.224 e. The van der Waals surface area contributed by atoms with Crippen molar-refractivity contribution in [2.24, 2.45) is 5.41 Å². The lowest BCUT2D eigenvalue weighted by Crippen LogP contribution is -2.16. The average Bonchev–Trinajstić information content (AvgIpc) is 2.18. The molecule has 17 heavy (non-hydrogen) atoms. The Labute approximate surface area is 102 Å². The zero-order valence-electron chi connectivity index (χ0n) is 10.6. The van der Waals surface area contributed by atoms with Crippen LogP contribution in [0.4, 0.5) is 11.4 Å². The summed E-state index contributed by atoms with van der Waals surface area (Å²) >= 11 is 0. The van der Waals surface area contributed by atoms with E-state index in [0.717, 1.165) is 6.42 Å². The van der Waals surface area contributed by atoms with E-state index in [2.05, 4.69) is 26.1 Å². The van der Waals surface area contributed by atoms with E-state index in [9.17, 15) is 9.90 Å². The number of carbonyl (C=O) groups is 1. The van der Waals surface area contributed by atoms with Crippen LogP contribution in [0.5, 0.6) is 5.75 Å². The summed E-state index contributed by atoms with van der Waals surface area (Å²) < 4.78 is 0. The monoisotopic (exact) mass is 236 g/mol. The number of aromatic hydroxyl groups is 1. The van der Waals surface area contributed by atoms with E-state index in [1.807, 2.05) is 0 Å². The molecule has 4 N–H and O–H groups in total. The molecule has 1 amide bonds. The fourth-order valence-corrected chi connectivity index (χ4v) is 1.37. The van der Waals surface area contributed by atoms with Crippen LogP contribution in [0.3, 0.4) is 0 Å². The third-order valence-electron chi connectivity index (χ3n) is 2.41. The summed E-state index contributed by atoms with van der Waals surface area (Å²) in [6.45, 7) is 6.28. The molecule has 0 spiro atoms. The Morgan fingerprint density at radius 1 is 1.41 bits per heavy atom. The van der Waals surface area contributed by atoms with Crippen molar-refractivity contribution >= 4 is 17.3 Å². The van der Waals surface area contributed by atoms with Gasteiger partial charge in [0.05, 0.1) is 11.4 Å². The quantitative estimate of drug-likeness (QED) is 0.558. The average molecular weight is 236 g/mol. The molecule has 0 saturated carbocycles. The Balaban J connectivity index is 2.57. The maximum Gasteiger partial charge on any atom is 0.224 e. The highest BCUT2D eigenvalue weighted by Crippen LogP contribution is 2.25. The van der Waals surface area contributed by atoms with Crippen molar-refractivity contribution < 1.29 is 9.90 Å². The number of nitrogens with two attached hydrogens (primary N) is 1. The lowest BCUT2D eigenvalue weighted by atomic mass is 9.90. The van der Waals surface area contributed by atoms with Crippen LogP contribution in [0, 0.1) is 5.41 Å². The van der Waals surface area contributed by atoms with Crippen molar-refractivity contribution in [3.63, 3.8) is 0 Å². The van der Waals surface area contributed by atoms with Crippen LogP contribution in [0.1, 0.15) is 33.6 Å². The largest absolute Gasteiger partial charge is 0.508 e. The Bertz CT molecular complexity index is 408. The predicted molar refractivity (Wildman–Crippen MR) is 69.8 cm³/mol. The van der Waals surface area contributed by atoms with Gasteiger partial charge in [0.2, 0.25) is 5.91 Å². The minimum absolute atomic E-state index is 0.0580. The molecule has 0 aromatic heterocycles. The molecule has 0 aliphatic heterocycles. The van der Waals surface area contributed by atoms with Gasteiger partial charge in [0.25, 0.3) is 0 Å². The van der Waals surface area contributed by atoms with Crippen LogP contribution in [0.2, 0.25) is 0 Å². The van der Waals surface area contributed by atoms with Crippen molar-refractivity contribution in [1.82, 2.24) is 0 Å². The highest BCUT2D eigenvalue weighted by Gasteiger charge is 2.13. The zero-order valence-corrected chi connectivity index (χ0v) is 10.6. The number of rotatable bonds is 3. The van der Waals surface area contributed by atoms with Gasteiger partial charge in [-0.2, -0.15) is 0 Å². The molecule has 0 fully saturated rings. The number of phenols is 1. The summed E-state index contributed by atoms with van der Waals surface area (Å²) in [5.41, 5.74) is 6.73. The van der Waals surface area contributed by atoms with Crippen LogP contribution in [-0.2, 0) is 4.79 Å². The summed E-state index contributed by atoms with van der Waals surface area (Å²) in [7, 11) is 0. The molecule has 1 aromatic carbocycles. The van der Waals surface area contributed by atoms with Gasteiger partial charge in [0.15, 0.2) is 0 Å². The molecule has 0 atom stereocenters. The number of anilines is 2. The summed E-state index contributed by atoms with van der Waals surface area (Å²) in [4.78, 5) is 11.7. The van der Waals surface area contributed by atoms with Crippen molar-refractivity contribution in [2.45, 2.75) is 33.6 Å². The molecule has 4 nitrogen and oxygen atoms in total. The first-order valence-electron chi connectivity index (χ1n) is 5.66. The molecule has 1 aromatic rings. The van der Waals surface area contributed by atoms with E-state index >= 15 is 0 Å². The Hall–Kier alpha value is -1.71. The lowest BCUT2D eigenvalue weighted by molar-refractivity contribution is -0.116. The number of phenolic OH excluding ortho intramolecular Hbond substituents is 1. The second-order valence-electron chi connectivity index (χ2n) is 5.38. The minimum atomic E-state index is -0.0580. The molecule has 0 radical (unpaired) electrons. The number of carbonyl (C=O) groups excluding carboxylic acids is 1. The summed E-state index contributed by atoms with van der Waals surface area (Å²) in [5, 5.41) is 11.9. The predicted octanol–water partition coefficient (Wildman–Crippen LogP) is 2.74. The van der Waals surface area contributed by atoms with Gasteiger partial charge in [0, 0.05) is 12.5 Å². The van der Waals surface area contributed by atoms with Gasteiger partial charge in [-0.15, -0.1) is 0 Å². The Morgan fingerprint density at radius 2 is 2.06 bits per heavy atom. The first-order valence-corrected chi connectivity index (χ1v) is 5.66. The first-order chi connectivity index (χ1) is 7.78. The number of amides is 1. The standard InChI is InChI=1S/C13H20N2O2/c1-13(2,3)7-6-12(17)15-11-5-4-9(16)8-10(11)14/h4-5,8,16H,6-7,14H2,1-3H3,(H,15,17). The highest BCUT2D eigenvalue weighted by molar-refractivity contribution is 5.93. The summed E-state index contributed by atoms with van der Waals surface area (Å²) in [5.74, 6) is 0.0347. The van der Waals surface area contributed by atoms with Crippen LogP contribution < -0.4 is 11.1 Å². The molecular formula is C13H20N2O2. The van der Waals surface area contributed by atoms with E-state index in [1.165, 1.54) is 12.1 Å². The van der Waals surface area contributed by atoms with Gasteiger partial charge in [-0.25, -0.2) is 0 Å². The Kier molecular flexibility index (Phi) is 3.99. The fourth-order valence-electron chi connectivity index (χ4n) is 1.37. The van der Waals surface area contributed by atoms with Crippen LogP contribution in [0.15, 0.2) is 18.2 Å². The molecular weight excluding hydrogens is 216 g/mol. The van der Waals surface area contributed by atoms with Crippen molar-refractivity contribution in [2.75, 3.05) is 11.1 Å². The number of nitrogen functional groups attached to an aromatic ring is 1. The maximum atomic E-state index is 11.7. The molecule has 0 aliphatic rings. The second-order valence-corrected chi connectivity index (χ2v) is 5.38. The Morgan fingerprint density at radius 3 is 2.59 bits per heavy atom. The summed E-state index contributed by atoms with van der Waals surface area (Å²) in [6.07, 6.45) is 1.28. The van der Waals surface area contributed by atoms with Gasteiger partial charge >= 0.3 is 0 Å². The molecule has 94 valence electrons. The first kappa shape index (κ1) is 13.4. The number of hydrogen-bond acceptors (Lipinski definition) is 3. The van der Waals surface area contributed by atoms with Crippen LogP contribution in [-0.4, -0.2) is 11.0 Å². The summed E-state index contributed by atoms with van der Waals surface area (Å²) in [6, 6.07) is 4.51. The van der Waals surface area contributed by atoms with Crippen molar-refractivity contribution in [1.29, 1.82) is 0 Å². The molecule has 0 aliphatic carbocycles. The SMILES string of the molecule is CC(C)(C)CCC(=O)Nc1ccc(O)cc1N. The van der Waals surface area contributed by atoms with Crippen molar-refractivity contribution in [3.05, 3.63) is 18.2 Å². The molecule has 0 heterocycles. The minimum Gasteiger partial charge on any atom is -0.508 e. The van der Waals surface area contributed by atoms with E-state index in [-0.39, 0.29) is 17.1 Å². The molecule has 0 saturated heterocycles. The van der Waals surface area contributed by atoms with Crippen LogP contribution >= 0.6 is 0 Å². The van der Waals surface area contributed by atoms with E-state index in [1.54, 1.807) is 6.07 Å². The van der Waals surface area contributed by atoms with Gasteiger partial charge in [-0.3, -0.25) is 4.79 Å². The van der Waals surface area contributed by atoms with Gasteiger partial charge in [-0.1, -0.05) is 20.8 Å². The van der Waals surface area contributed by atoms with Gasteiger partial charge < -0.3 is 16.2 Å². The van der Waals surface area contributed by atoms with Crippen molar-refractivity contribution in [3.8, 4) is 5.75 Å². The van der Waals surface area contributed by atoms with E-state index < -0.39 is 0 Å². The molecule has 1 rings (SSSR count). The number of benzene rings is 1. The fraction of sp³-hybridized carbons (Fsp3) is 0.462. The molecule has 0 bridgehead atoms. The second kappa shape index (κ2) is 5.08. The third-order valence-corrected chi connectivity index (χ3v) is 2.41. The maximum absolute atomic E-state index is 11.7. The number of hydrogen-bond donors (Lipinski definition) is 3. The van der Waals surface area contributed by atoms with Gasteiger partial charge in [-0.05, 0) is 24.0 Å². The topological polar surface area (TPSA) is 75.3 Å². The molecule has 4 heteroatoms. The molecule has 0 unspecified atom stereocenters. The normalized spacial score (nSPS) is 11.2. The van der Waals surface area contributed by atoms with E-state index in [0.29, 0.717) is 17.8 Å².